The lowest BCUT2D eigenvalue weighted by atomic mass is 10.0. The van der Waals surface area contributed by atoms with Crippen LogP contribution < -0.4 is 0 Å². The highest BCUT2D eigenvalue weighted by Gasteiger charge is 2.13. The van der Waals surface area contributed by atoms with E-state index in [1.54, 1.807) is 24.3 Å². The molecule has 17 heavy (non-hydrogen) atoms. The van der Waals surface area contributed by atoms with Crippen LogP contribution in [0.2, 0.25) is 10.0 Å². The Morgan fingerprint density at radius 1 is 1.00 bits per heavy atom. The predicted molar refractivity (Wildman–Crippen MR) is 74.0 cm³/mol. The van der Waals surface area contributed by atoms with Crippen molar-refractivity contribution in [2.24, 2.45) is 0 Å². The third kappa shape index (κ3) is 2.89. The van der Waals surface area contributed by atoms with Crippen LogP contribution in [0.4, 0.5) is 0 Å². The van der Waals surface area contributed by atoms with Gasteiger partial charge >= 0.3 is 0 Å². The fourth-order valence-electron chi connectivity index (χ4n) is 1.49. The van der Waals surface area contributed by atoms with Crippen LogP contribution in [0.1, 0.15) is 15.9 Å². The molecule has 0 bridgehead atoms. The molecule has 0 spiro atoms. The standard InChI is InChI=1S/C13H7BrCl2O/c14-12-4-2-1-3-11(12)13(17)8-5-9(15)7-10(16)6-8/h1-7H. The van der Waals surface area contributed by atoms with Gasteiger partial charge in [-0.3, -0.25) is 4.79 Å². The van der Waals surface area contributed by atoms with Crippen molar-refractivity contribution in [2.45, 2.75) is 0 Å². The molecule has 0 radical (unpaired) electrons. The van der Waals surface area contributed by atoms with Gasteiger partial charge in [0.05, 0.1) is 0 Å². The van der Waals surface area contributed by atoms with E-state index < -0.39 is 0 Å². The van der Waals surface area contributed by atoms with Crippen molar-refractivity contribution < 1.29 is 4.79 Å². The monoisotopic (exact) mass is 328 g/mol. The Morgan fingerprint density at radius 2 is 1.59 bits per heavy atom. The maximum Gasteiger partial charge on any atom is 0.194 e. The summed E-state index contributed by atoms with van der Waals surface area (Å²) in [5.41, 5.74) is 1.07. The fraction of sp³-hybridized carbons (Fsp3) is 0. The number of halogens is 3. The molecule has 0 heterocycles. The Morgan fingerprint density at radius 3 is 2.18 bits per heavy atom. The summed E-state index contributed by atoms with van der Waals surface area (Å²) in [4.78, 5) is 12.2. The van der Waals surface area contributed by atoms with Crippen molar-refractivity contribution >= 4 is 44.9 Å². The molecule has 0 atom stereocenters. The molecular formula is C13H7BrCl2O. The van der Waals surface area contributed by atoms with E-state index in [9.17, 15) is 4.79 Å². The molecule has 0 amide bonds. The van der Waals surface area contributed by atoms with Gasteiger partial charge in [0.15, 0.2) is 5.78 Å². The highest BCUT2D eigenvalue weighted by Crippen LogP contribution is 2.24. The Bertz CT molecular complexity index is 561. The molecule has 2 aromatic carbocycles. The SMILES string of the molecule is O=C(c1cc(Cl)cc(Cl)c1)c1ccccc1Br. The number of carbonyl (C=O) groups excluding carboxylic acids is 1. The number of rotatable bonds is 2. The lowest BCUT2D eigenvalue weighted by Crippen LogP contribution is -2.02. The van der Waals surface area contributed by atoms with Crippen LogP contribution in [0.5, 0.6) is 0 Å². The summed E-state index contributed by atoms with van der Waals surface area (Å²) in [5.74, 6) is -0.109. The first-order valence-corrected chi connectivity index (χ1v) is 6.38. The Hall–Kier alpha value is -0.830. The third-order valence-electron chi connectivity index (χ3n) is 2.24. The largest absolute Gasteiger partial charge is 0.289 e. The van der Waals surface area contributed by atoms with Gasteiger partial charge in [-0.15, -0.1) is 0 Å². The van der Waals surface area contributed by atoms with E-state index in [4.69, 9.17) is 23.2 Å². The quantitative estimate of drug-likeness (QED) is 0.709. The normalized spacial score (nSPS) is 10.3. The van der Waals surface area contributed by atoms with Crippen LogP contribution in [-0.4, -0.2) is 5.78 Å². The van der Waals surface area contributed by atoms with Crippen molar-refractivity contribution in [1.29, 1.82) is 0 Å². The average Bonchev–Trinajstić information content (AvgIpc) is 2.27. The molecule has 0 aliphatic rings. The second-order valence-corrected chi connectivity index (χ2v) is 5.19. The van der Waals surface area contributed by atoms with Gasteiger partial charge in [-0.05, 0) is 30.3 Å². The summed E-state index contributed by atoms with van der Waals surface area (Å²) in [5, 5.41) is 0.904. The molecule has 2 rings (SSSR count). The fourth-order valence-corrected chi connectivity index (χ4v) is 2.48. The average molecular weight is 330 g/mol. The van der Waals surface area contributed by atoms with E-state index in [1.165, 1.54) is 0 Å². The van der Waals surface area contributed by atoms with Crippen LogP contribution in [0.15, 0.2) is 46.9 Å². The lowest BCUT2D eigenvalue weighted by molar-refractivity contribution is 0.103. The van der Waals surface area contributed by atoms with Gasteiger partial charge in [0.1, 0.15) is 0 Å². The molecule has 0 fully saturated rings. The van der Waals surface area contributed by atoms with E-state index >= 15 is 0 Å². The second kappa shape index (κ2) is 5.21. The van der Waals surface area contributed by atoms with Gasteiger partial charge in [-0.1, -0.05) is 51.3 Å². The van der Waals surface area contributed by atoms with Gasteiger partial charge in [0, 0.05) is 25.6 Å². The summed E-state index contributed by atoms with van der Waals surface area (Å²) in [6.07, 6.45) is 0. The van der Waals surface area contributed by atoms with Crippen molar-refractivity contribution in [1.82, 2.24) is 0 Å². The molecule has 0 saturated heterocycles. The molecule has 0 unspecified atom stereocenters. The molecule has 4 heteroatoms. The number of hydrogen-bond acceptors (Lipinski definition) is 1. The first kappa shape index (κ1) is 12.6. The maximum atomic E-state index is 12.2. The molecule has 86 valence electrons. The van der Waals surface area contributed by atoms with Crippen LogP contribution >= 0.6 is 39.1 Å². The minimum atomic E-state index is -0.109. The number of ketones is 1. The molecule has 0 N–H and O–H groups in total. The van der Waals surface area contributed by atoms with Crippen molar-refractivity contribution in [3.63, 3.8) is 0 Å². The van der Waals surface area contributed by atoms with Crippen LogP contribution in [-0.2, 0) is 0 Å². The Kier molecular flexibility index (Phi) is 3.87. The molecule has 0 saturated carbocycles. The maximum absolute atomic E-state index is 12.2. The summed E-state index contributed by atoms with van der Waals surface area (Å²) >= 11 is 15.1. The van der Waals surface area contributed by atoms with Crippen molar-refractivity contribution in [3.05, 3.63) is 68.1 Å². The topological polar surface area (TPSA) is 17.1 Å². The minimum Gasteiger partial charge on any atom is -0.289 e. The van der Waals surface area contributed by atoms with E-state index in [2.05, 4.69) is 15.9 Å². The lowest BCUT2D eigenvalue weighted by Gasteiger charge is -2.04. The van der Waals surface area contributed by atoms with E-state index in [1.807, 2.05) is 18.2 Å². The summed E-state index contributed by atoms with van der Waals surface area (Å²) in [6.45, 7) is 0. The van der Waals surface area contributed by atoms with Gasteiger partial charge in [-0.25, -0.2) is 0 Å². The predicted octanol–water partition coefficient (Wildman–Crippen LogP) is 4.99. The minimum absolute atomic E-state index is 0.109. The summed E-state index contributed by atoms with van der Waals surface area (Å²) < 4.78 is 0.751. The zero-order chi connectivity index (χ0) is 12.4. The first-order chi connectivity index (χ1) is 8.08. The van der Waals surface area contributed by atoms with E-state index in [0.717, 1.165) is 4.47 Å². The van der Waals surface area contributed by atoms with Crippen molar-refractivity contribution in [3.8, 4) is 0 Å². The Labute approximate surface area is 117 Å². The summed E-state index contributed by atoms with van der Waals surface area (Å²) in [6, 6.07) is 12.0. The molecule has 1 nitrogen and oxygen atoms in total. The van der Waals surface area contributed by atoms with Crippen LogP contribution in [0.25, 0.3) is 0 Å². The van der Waals surface area contributed by atoms with Gasteiger partial charge in [0.2, 0.25) is 0 Å². The highest BCUT2D eigenvalue weighted by atomic mass is 79.9. The smallest absolute Gasteiger partial charge is 0.194 e. The molecule has 0 aliphatic heterocycles. The van der Waals surface area contributed by atoms with E-state index in [0.29, 0.717) is 21.2 Å². The van der Waals surface area contributed by atoms with Crippen molar-refractivity contribution in [2.75, 3.05) is 0 Å². The van der Waals surface area contributed by atoms with Crippen LogP contribution in [0.3, 0.4) is 0 Å². The second-order valence-electron chi connectivity index (χ2n) is 3.47. The zero-order valence-corrected chi connectivity index (χ0v) is 11.7. The Balaban J connectivity index is 2.48. The third-order valence-corrected chi connectivity index (χ3v) is 3.37. The van der Waals surface area contributed by atoms with E-state index in [-0.39, 0.29) is 5.78 Å². The molecule has 2 aromatic rings. The molecular weight excluding hydrogens is 323 g/mol. The number of hydrogen-bond donors (Lipinski definition) is 0. The summed E-state index contributed by atoms with van der Waals surface area (Å²) in [7, 11) is 0. The number of benzene rings is 2. The van der Waals surface area contributed by atoms with Crippen LogP contribution in [0, 0.1) is 0 Å². The molecule has 0 aliphatic carbocycles. The van der Waals surface area contributed by atoms with Gasteiger partial charge in [0.25, 0.3) is 0 Å². The van der Waals surface area contributed by atoms with Gasteiger partial charge < -0.3 is 0 Å². The van der Waals surface area contributed by atoms with Gasteiger partial charge in [-0.2, -0.15) is 0 Å². The molecule has 0 aromatic heterocycles. The number of carbonyl (C=O) groups is 1. The zero-order valence-electron chi connectivity index (χ0n) is 8.58. The highest BCUT2D eigenvalue weighted by molar-refractivity contribution is 9.10. The first-order valence-electron chi connectivity index (χ1n) is 4.83.